The first-order chi connectivity index (χ1) is 11.9. The third kappa shape index (κ3) is 5.72. The molecule has 5 nitrogen and oxygen atoms in total. The first-order valence-electron chi connectivity index (χ1n) is 9.50. The molecule has 1 saturated heterocycles. The monoisotopic (exact) mass is 346 g/mol. The van der Waals surface area contributed by atoms with Crippen LogP contribution < -0.4 is 16.0 Å². The molecule has 140 valence electrons. The van der Waals surface area contributed by atoms with Crippen LogP contribution in [-0.2, 0) is 0 Å². The Morgan fingerprint density at radius 3 is 2.16 bits per heavy atom. The zero-order chi connectivity index (χ0) is 18.4. The maximum Gasteiger partial charge on any atom is 0.251 e. The summed E-state index contributed by atoms with van der Waals surface area (Å²) in [5.41, 5.74) is 7.67. The number of hydrogen-bond acceptors (Lipinski definition) is 4. The van der Waals surface area contributed by atoms with Crippen molar-refractivity contribution in [3.63, 3.8) is 0 Å². The highest BCUT2D eigenvalue weighted by atomic mass is 16.1. The zero-order valence-corrected chi connectivity index (χ0v) is 16.2. The molecule has 25 heavy (non-hydrogen) atoms. The minimum absolute atomic E-state index is 0.0349. The van der Waals surface area contributed by atoms with Crippen LogP contribution in [0.15, 0.2) is 24.3 Å². The van der Waals surface area contributed by atoms with Crippen molar-refractivity contribution < 1.29 is 4.79 Å². The number of carbonyl (C=O) groups excluding carboxylic acids is 1. The lowest BCUT2D eigenvalue weighted by atomic mass is 10.0. The summed E-state index contributed by atoms with van der Waals surface area (Å²) in [4.78, 5) is 17.3. The van der Waals surface area contributed by atoms with Gasteiger partial charge in [0.2, 0.25) is 0 Å². The first-order valence-corrected chi connectivity index (χ1v) is 9.50. The Balaban J connectivity index is 1.92. The summed E-state index contributed by atoms with van der Waals surface area (Å²) in [5.74, 6) is 0.480. The molecule has 2 rings (SSSR count). The van der Waals surface area contributed by atoms with Crippen molar-refractivity contribution in [1.29, 1.82) is 0 Å². The second-order valence-electron chi connectivity index (χ2n) is 7.70. The highest BCUT2D eigenvalue weighted by Crippen LogP contribution is 2.18. The topological polar surface area (TPSA) is 61.6 Å². The number of nitrogens with zero attached hydrogens (tertiary/aromatic N) is 2. The third-order valence-corrected chi connectivity index (χ3v) is 4.91. The summed E-state index contributed by atoms with van der Waals surface area (Å²) in [6.45, 7) is 13.5. The molecule has 1 atom stereocenters. The van der Waals surface area contributed by atoms with Gasteiger partial charge in [-0.15, -0.1) is 0 Å². The zero-order valence-electron chi connectivity index (χ0n) is 16.2. The molecule has 0 bridgehead atoms. The molecule has 0 spiro atoms. The van der Waals surface area contributed by atoms with Crippen molar-refractivity contribution >= 4 is 11.6 Å². The number of benzene rings is 1. The van der Waals surface area contributed by atoms with Gasteiger partial charge in [-0.25, -0.2) is 0 Å². The Kier molecular flexibility index (Phi) is 7.26. The van der Waals surface area contributed by atoms with Crippen LogP contribution in [0.5, 0.6) is 0 Å². The fourth-order valence-corrected chi connectivity index (χ4v) is 3.37. The van der Waals surface area contributed by atoms with E-state index in [2.05, 4.69) is 54.9 Å². The number of piperazine rings is 1. The van der Waals surface area contributed by atoms with Gasteiger partial charge in [0.25, 0.3) is 5.91 Å². The molecule has 1 aromatic carbocycles. The van der Waals surface area contributed by atoms with Crippen LogP contribution in [-0.4, -0.2) is 55.6 Å². The predicted molar refractivity (Wildman–Crippen MR) is 105 cm³/mol. The lowest BCUT2D eigenvalue weighted by Gasteiger charge is -2.38. The van der Waals surface area contributed by atoms with Gasteiger partial charge >= 0.3 is 0 Å². The van der Waals surface area contributed by atoms with E-state index in [4.69, 9.17) is 5.73 Å². The predicted octanol–water partition coefficient (Wildman–Crippen LogP) is 2.32. The van der Waals surface area contributed by atoms with E-state index in [0.29, 0.717) is 24.1 Å². The normalized spacial score (nSPS) is 17.2. The highest BCUT2D eigenvalue weighted by Gasteiger charge is 2.19. The molecule has 0 saturated carbocycles. The molecule has 3 N–H and O–H groups in total. The van der Waals surface area contributed by atoms with Gasteiger partial charge in [0, 0.05) is 56.1 Å². The molecule has 0 aromatic heterocycles. The van der Waals surface area contributed by atoms with Gasteiger partial charge in [-0.3, -0.25) is 9.69 Å². The summed E-state index contributed by atoms with van der Waals surface area (Å²) in [6.07, 6.45) is 0.903. The van der Waals surface area contributed by atoms with Gasteiger partial charge in [0.05, 0.1) is 0 Å². The van der Waals surface area contributed by atoms with E-state index in [1.807, 2.05) is 12.1 Å². The average molecular weight is 347 g/mol. The van der Waals surface area contributed by atoms with Gasteiger partial charge in [-0.1, -0.05) is 13.8 Å². The number of rotatable bonds is 7. The number of nitrogens with two attached hydrogens (primary N) is 1. The standard InChI is InChI=1S/C20H34N4O/c1-15(2)13-18(14-21)22-20(25)17-5-7-19(8-6-17)24-11-9-23(10-12-24)16(3)4/h5-8,15-16,18H,9-14,21H2,1-4H3,(H,22,25). The minimum Gasteiger partial charge on any atom is -0.369 e. The molecule has 1 aromatic rings. The van der Waals surface area contributed by atoms with Crippen LogP contribution >= 0.6 is 0 Å². The molecule has 0 radical (unpaired) electrons. The number of anilines is 1. The van der Waals surface area contributed by atoms with Crippen LogP contribution in [0, 0.1) is 5.92 Å². The number of amides is 1. The van der Waals surface area contributed by atoms with Crippen molar-refractivity contribution in [2.45, 2.75) is 46.2 Å². The van der Waals surface area contributed by atoms with Crippen molar-refractivity contribution in [3.8, 4) is 0 Å². The molecule has 1 fully saturated rings. The third-order valence-electron chi connectivity index (χ3n) is 4.91. The molecule has 0 aliphatic carbocycles. The number of hydrogen-bond donors (Lipinski definition) is 2. The fraction of sp³-hybridized carbons (Fsp3) is 0.650. The molecule has 1 aliphatic rings. The second kappa shape index (κ2) is 9.20. The maximum atomic E-state index is 12.4. The lowest BCUT2D eigenvalue weighted by Crippen LogP contribution is -2.48. The maximum absolute atomic E-state index is 12.4. The first kappa shape index (κ1) is 19.7. The highest BCUT2D eigenvalue weighted by molar-refractivity contribution is 5.94. The van der Waals surface area contributed by atoms with Crippen LogP contribution in [0.4, 0.5) is 5.69 Å². The van der Waals surface area contributed by atoms with Crippen LogP contribution in [0.3, 0.4) is 0 Å². The largest absolute Gasteiger partial charge is 0.369 e. The van der Waals surface area contributed by atoms with Gasteiger partial charge in [-0.2, -0.15) is 0 Å². The van der Waals surface area contributed by atoms with Crippen molar-refractivity contribution in [1.82, 2.24) is 10.2 Å². The van der Waals surface area contributed by atoms with Gasteiger partial charge in [0.15, 0.2) is 0 Å². The van der Waals surface area contributed by atoms with Gasteiger partial charge in [-0.05, 0) is 50.5 Å². The van der Waals surface area contributed by atoms with E-state index < -0.39 is 0 Å². The van der Waals surface area contributed by atoms with E-state index in [1.165, 1.54) is 5.69 Å². The summed E-state index contributed by atoms with van der Waals surface area (Å²) in [6, 6.07) is 8.59. The van der Waals surface area contributed by atoms with E-state index in [1.54, 1.807) is 0 Å². The lowest BCUT2D eigenvalue weighted by molar-refractivity contribution is 0.0934. The van der Waals surface area contributed by atoms with Gasteiger partial charge in [0.1, 0.15) is 0 Å². The summed E-state index contributed by atoms with van der Waals surface area (Å²) >= 11 is 0. The summed E-state index contributed by atoms with van der Waals surface area (Å²) < 4.78 is 0. The molecular formula is C20H34N4O. The van der Waals surface area contributed by atoms with Gasteiger partial charge < -0.3 is 16.0 Å². The smallest absolute Gasteiger partial charge is 0.251 e. The van der Waals surface area contributed by atoms with E-state index in [-0.39, 0.29) is 11.9 Å². The quantitative estimate of drug-likeness (QED) is 0.795. The second-order valence-corrected chi connectivity index (χ2v) is 7.70. The van der Waals surface area contributed by atoms with Crippen LogP contribution in [0.1, 0.15) is 44.5 Å². The SMILES string of the molecule is CC(C)CC(CN)NC(=O)c1ccc(N2CCN(C(C)C)CC2)cc1. The molecule has 1 heterocycles. The van der Waals surface area contributed by atoms with Crippen molar-refractivity contribution in [3.05, 3.63) is 29.8 Å². The molecule has 5 heteroatoms. The average Bonchev–Trinajstić information content (AvgIpc) is 2.61. The van der Waals surface area contributed by atoms with Crippen LogP contribution in [0.25, 0.3) is 0 Å². The Bertz CT molecular complexity index is 533. The van der Waals surface area contributed by atoms with Crippen LogP contribution in [0.2, 0.25) is 0 Å². The molecular weight excluding hydrogens is 312 g/mol. The van der Waals surface area contributed by atoms with E-state index in [9.17, 15) is 4.79 Å². The molecule has 1 unspecified atom stereocenters. The molecule has 1 amide bonds. The van der Waals surface area contributed by atoms with Crippen molar-refractivity contribution in [2.24, 2.45) is 11.7 Å². The fourth-order valence-electron chi connectivity index (χ4n) is 3.37. The van der Waals surface area contributed by atoms with E-state index in [0.717, 1.165) is 32.6 Å². The number of carbonyl (C=O) groups is 1. The van der Waals surface area contributed by atoms with Crippen molar-refractivity contribution in [2.75, 3.05) is 37.6 Å². The minimum atomic E-state index is -0.0349. The number of nitrogens with one attached hydrogen (secondary N) is 1. The Hall–Kier alpha value is -1.59. The Morgan fingerprint density at radius 1 is 1.08 bits per heavy atom. The van der Waals surface area contributed by atoms with E-state index >= 15 is 0 Å². The Morgan fingerprint density at radius 2 is 1.68 bits per heavy atom. The summed E-state index contributed by atoms with van der Waals surface area (Å²) in [7, 11) is 0. The molecule has 1 aliphatic heterocycles. The Labute approximate surface area is 152 Å². The summed E-state index contributed by atoms with van der Waals surface area (Å²) in [5, 5.41) is 3.05.